The van der Waals surface area contributed by atoms with Crippen molar-refractivity contribution in [1.29, 1.82) is 0 Å². The van der Waals surface area contributed by atoms with Crippen molar-refractivity contribution in [2.75, 3.05) is 0 Å². The van der Waals surface area contributed by atoms with Crippen molar-refractivity contribution < 1.29 is 0 Å². The summed E-state index contributed by atoms with van der Waals surface area (Å²) in [6.45, 7) is 0. The molecule has 2 fully saturated rings. The summed E-state index contributed by atoms with van der Waals surface area (Å²) in [7, 11) is 0. The van der Waals surface area contributed by atoms with E-state index in [0.717, 1.165) is 12.2 Å². The van der Waals surface area contributed by atoms with Crippen molar-refractivity contribution >= 4 is 0 Å². The Balaban J connectivity index is 1.70. The molecule has 2 aliphatic heterocycles. The topological polar surface area (TPSA) is 37.8 Å². The summed E-state index contributed by atoms with van der Waals surface area (Å²) in [5.41, 5.74) is 2.72. The zero-order chi connectivity index (χ0) is 11.2. The van der Waals surface area contributed by atoms with Gasteiger partial charge in [-0.15, -0.1) is 0 Å². The Morgan fingerprint density at radius 2 is 2.00 bits per heavy atom. The van der Waals surface area contributed by atoms with Crippen LogP contribution in [-0.2, 0) is 6.42 Å². The van der Waals surface area contributed by atoms with Crippen LogP contribution in [-0.4, -0.2) is 16.0 Å². The van der Waals surface area contributed by atoms with Crippen molar-refractivity contribution in [3.8, 4) is 0 Å². The van der Waals surface area contributed by atoms with Gasteiger partial charge in [0.2, 0.25) is 0 Å². The lowest BCUT2D eigenvalue weighted by molar-refractivity contribution is 0.498. The maximum Gasteiger partial charge on any atom is 0.131 e. The molecule has 0 amide bonds. The van der Waals surface area contributed by atoms with Gasteiger partial charge < -0.3 is 5.32 Å². The van der Waals surface area contributed by atoms with Gasteiger partial charge in [0.1, 0.15) is 5.82 Å². The van der Waals surface area contributed by atoms with Crippen LogP contribution >= 0.6 is 0 Å². The molecule has 0 radical (unpaired) electrons. The second-order valence-electron chi connectivity index (χ2n) is 5.81. The summed E-state index contributed by atoms with van der Waals surface area (Å²) >= 11 is 0. The van der Waals surface area contributed by atoms with Crippen LogP contribution in [0.3, 0.4) is 0 Å². The summed E-state index contributed by atoms with van der Waals surface area (Å²) in [5.74, 6) is 1.77. The fourth-order valence-electron chi connectivity index (χ4n) is 3.74. The molecule has 0 aromatic carbocycles. The Kier molecular flexibility index (Phi) is 2.22. The monoisotopic (exact) mass is 229 g/mol. The van der Waals surface area contributed by atoms with Gasteiger partial charge in [0.15, 0.2) is 0 Å². The van der Waals surface area contributed by atoms with Crippen LogP contribution in [0.2, 0.25) is 0 Å². The number of rotatable bonds is 1. The quantitative estimate of drug-likeness (QED) is 0.804. The number of hydrogen-bond acceptors (Lipinski definition) is 3. The molecule has 4 rings (SSSR count). The largest absolute Gasteiger partial charge is 0.307 e. The summed E-state index contributed by atoms with van der Waals surface area (Å²) < 4.78 is 0. The molecule has 1 aromatic rings. The number of fused-ring (bicyclic) bond motifs is 4. The van der Waals surface area contributed by atoms with Crippen LogP contribution in [0.5, 0.6) is 0 Å². The van der Waals surface area contributed by atoms with Crippen molar-refractivity contribution in [1.82, 2.24) is 15.3 Å². The van der Waals surface area contributed by atoms with E-state index in [4.69, 9.17) is 4.98 Å². The Labute approximate surface area is 102 Å². The van der Waals surface area contributed by atoms with Crippen LogP contribution in [0.15, 0.2) is 6.20 Å². The Bertz CT molecular complexity index is 437. The smallest absolute Gasteiger partial charge is 0.131 e. The molecule has 3 heterocycles. The van der Waals surface area contributed by atoms with Gasteiger partial charge >= 0.3 is 0 Å². The summed E-state index contributed by atoms with van der Waals surface area (Å²) in [4.78, 5) is 9.52. The third-order valence-electron chi connectivity index (χ3n) is 4.69. The number of nitrogens with one attached hydrogen (secondary N) is 1. The van der Waals surface area contributed by atoms with Crippen LogP contribution in [0.1, 0.15) is 67.6 Å². The summed E-state index contributed by atoms with van der Waals surface area (Å²) in [6, 6.07) is 1.22. The Morgan fingerprint density at radius 1 is 1.12 bits per heavy atom. The lowest BCUT2D eigenvalue weighted by atomic mass is 10.0. The third kappa shape index (κ3) is 1.60. The van der Waals surface area contributed by atoms with Crippen LogP contribution in [0.25, 0.3) is 0 Å². The van der Waals surface area contributed by atoms with Crippen LogP contribution in [0.4, 0.5) is 0 Å². The van der Waals surface area contributed by atoms with Crippen LogP contribution in [0, 0.1) is 0 Å². The lowest BCUT2D eigenvalue weighted by Crippen LogP contribution is -2.33. The first-order valence-corrected chi connectivity index (χ1v) is 7.02. The van der Waals surface area contributed by atoms with Crippen LogP contribution < -0.4 is 5.32 Å². The molecule has 1 saturated heterocycles. The van der Waals surface area contributed by atoms with Crippen molar-refractivity contribution in [3.63, 3.8) is 0 Å². The number of hydrogen-bond donors (Lipinski definition) is 1. The highest BCUT2D eigenvalue weighted by atomic mass is 15.0. The molecule has 3 nitrogen and oxygen atoms in total. The average Bonchev–Trinajstić information content (AvgIpc) is 2.99. The molecule has 1 aromatic heterocycles. The van der Waals surface area contributed by atoms with Gasteiger partial charge in [-0.25, -0.2) is 9.97 Å². The first-order chi connectivity index (χ1) is 8.40. The first kappa shape index (κ1) is 10.0. The molecular formula is C14H19N3. The van der Waals surface area contributed by atoms with Gasteiger partial charge in [-0.3, -0.25) is 0 Å². The van der Waals surface area contributed by atoms with E-state index in [1.54, 1.807) is 0 Å². The molecule has 2 unspecified atom stereocenters. The predicted molar refractivity (Wildman–Crippen MR) is 65.8 cm³/mol. The van der Waals surface area contributed by atoms with E-state index in [0.29, 0.717) is 18.0 Å². The minimum absolute atomic E-state index is 0.543. The van der Waals surface area contributed by atoms with Gasteiger partial charge in [0, 0.05) is 36.2 Å². The minimum Gasteiger partial charge on any atom is -0.307 e. The van der Waals surface area contributed by atoms with Gasteiger partial charge in [0.25, 0.3) is 0 Å². The zero-order valence-electron chi connectivity index (χ0n) is 10.2. The van der Waals surface area contributed by atoms with E-state index < -0.39 is 0 Å². The lowest BCUT2D eigenvalue weighted by Gasteiger charge is -2.24. The van der Waals surface area contributed by atoms with E-state index in [2.05, 4.69) is 16.5 Å². The molecular weight excluding hydrogens is 210 g/mol. The van der Waals surface area contributed by atoms with Crippen molar-refractivity contribution in [2.24, 2.45) is 0 Å². The van der Waals surface area contributed by atoms with E-state index in [9.17, 15) is 0 Å². The second-order valence-corrected chi connectivity index (χ2v) is 5.81. The molecule has 1 N–H and O–H groups in total. The fourth-order valence-corrected chi connectivity index (χ4v) is 3.74. The molecule has 1 aliphatic carbocycles. The highest BCUT2D eigenvalue weighted by Crippen LogP contribution is 2.37. The minimum atomic E-state index is 0.543. The molecule has 1 saturated carbocycles. The standard InChI is InChI=1S/C14H19N3/c1-2-4-9(3-1)14-15-8-11-12-6-5-10(16-12)7-13(11)17-14/h8-10,12,16H,1-7H2. The Hall–Kier alpha value is -0.960. The molecule has 2 bridgehead atoms. The molecule has 0 spiro atoms. The molecule has 90 valence electrons. The molecule has 3 heteroatoms. The molecule has 17 heavy (non-hydrogen) atoms. The Morgan fingerprint density at radius 3 is 2.88 bits per heavy atom. The average molecular weight is 229 g/mol. The van der Waals surface area contributed by atoms with Gasteiger partial charge in [-0.1, -0.05) is 12.8 Å². The van der Waals surface area contributed by atoms with E-state index >= 15 is 0 Å². The van der Waals surface area contributed by atoms with E-state index in [1.165, 1.54) is 49.8 Å². The first-order valence-electron chi connectivity index (χ1n) is 7.02. The van der Waals surface area contributed by atoms with Gasteiger partial charge in [0.05, 0.1) is 5.69 Å². The maximum absolute atomic E-state index is 4.88. The molecule has 3 aliphatic rings. The predicted octanol–water partition coefficient (Wildman–Crippen LogP) is 2.48. The summed E-state index contributed by atoms with van der Waals surface area (Å²) in [6.07, 6.45) is 11.1. The fraction of sp³-hybridized carbons (Fsp3) is 0.714. The second kappa shape index (κ2) is 3.77. The van der Waals surface area contributed by atoms with E-state index in [1.807, 2.05) is 0 Å². The van der Waals surface area contributed by atoms with Crippen molar-refractivity contribution in [3.05, 3.63) is 23.3 Å². The van der Waals surface area contributed by atoms with Gasteiger partial charge in [-0.05, 0) is 25.7 Å². The highest BCUT2D eigenvalue weighted by Gasteiger charge is 2.33. The van der Waals surface area contributed by atoms with Gasteiger partial charge in [-0.2, -0.15) is 0 Å². The normalized spacial score (nSPS) is 31.8. The summed E-state index contributed by atoms with van der Waals surface area (Å²) in [5, 5.41) is 3.66. The SMILES string of the molecule is c1nc(C2CCCC2)nc2c1C1CCC(C2)N1. The highest BCUT2D eigenvalue weighted by molar-refractivity contribution is 5.28. The van der Waals surface area contributed by atoms with E-state index in [-0.39, 0.29) is 0 Å². The zero-order valence-corrected chi connectivity index (χ0v) is 10.2. The molecule has 2 atom stereocenters. The number of aromatic nitrogens is 2. The third-order valence-corrected chi connectivity index (χ3v) is 4.69. The maximum atomic E-state index is 4.88. The van der Waals surface area contributed by atoms with Crippen molar-refractivity contribution in [2.45, 2.75) is 62.9 Å². The number of nitrogens with zero attached hydrogens (tertiary/aromatic N) is 2.